The second-order valence-electron chi connectivity index (χ2n) is 6.32. The number of hydrogen-bond acceptors (Lipinski definition) is 3. The molecule has 1 aromatic heterocycles. The minimum Gasteiger partial charge on any atom is -0.361 e. The van der Waals surface area contributed by atoms with Crippen molar-refractivity contribution >= 4 is 16.8 Å². The number of hydrogen-bond donors (Lipinski definition) is 2. The van der Waals surface area contributed by atoms with Crippen molar-refractivity contribution in [3.8, 4) is 0 Å². The van der Waals surface area contributed by atoms with Gasteiger partial charge in [0.2, 0.25) is 5.91 Å². The van der Waals surface area contributed by atoms with Crippen LogP contribution in [0, 0.1) is 0 Å². The number of carbonyl (C=O) groups is 1. The van der Waals surface area contributed by atoms with Gasteiger partial charge in [-0.1, -0.05) is 12.1 Å². The van der Waals surface area contributed by atoms with Crippen LogP contribution in [0.15, 0.2) is 30.5 Å². The molecule has 5 nitrogen and oxygen atoms in total. The molecule has 1 amide bonds. The third-order valence-corrected chi connectivity index (χ3v) is 4.45. The summed E-state index contributed by atoms with van der Waals surface area (Å²) in [7, 11) is 4.20. The molecule has 1 atom stereocenters. The number of likely N-dealkylation sites (tertiary alicyclic amines) is 1. The zero-order valence-corrected chi connectivity index (χ0v) is 13.3. The van der Waals surface area contributed by atoms with E-state index in [0.717, 1.165) is 30.6 Å². The smallest absolute Gasteiger partial charge is 0.234 e. The molecule has 118 valence electrons. The van der Waals surface area contributed by atoms with Crippen LogP contribution in [-0.4, -0.2) is 60.5 Å². The number of benzene rings is 1. The van der Waals surface area contributed by atoms with Crippen molar-refractivity contribution in [2.24, 2.45) is 0 Å². The van der Waals surface area contributed by atoms with Gasteiger partial charge >= 0.3 is 0 Å². The first-order valence-corrected chi connectivity index (χ1v) is 7.83. The van der Waals surface area contributed by atoms with E-state index in [1.807, 2.05) is 12.3 Å². The fraction of sp³-hybridized carbons (Fsp3) is 0.471. The lowest BCUT2D eigenvalue weighted by atomic mass is 10.1. The summed E-state index contributed by atoms with van der Waals surface area (Å²) in [6.07, 6.45) is 3.07. The van der Waals surface area contributed by atoms with Gasteiger partial charge in [-0.25, -0.2) is 0 Å². The highest BCUT2D eigenvalue weighted by atomic mass is 16.2. The lowest BCUT2D eigenvalue weighted by Gasteiger charge is -2.20. The maximum atomic E-state index is 12.1. The molecule has 1 fully saturated rings. The minimum absolute atomic E-state index is 0.103. The van der Waals surface area contributed by atoms with Gasteiger partial charge in [0.25, 0.3) is 0 Å². The first-order valence-electron chi connectivity index (χ1n) is 7.83. The predicted octanol–water partition coefficient (Wildman–Crippen LogP) is 1.42. The molecule has 1 saturated heterocycles. The van der Waals surface area contributed by atoms with Crippen molar-refractivity contribution in [1.82, 2.24) is 20.1 Å². The van der Waals surface area contributed by atoms with Crippen molar-refractivity contribution < 1.29 is 4.79 Å². The summed E-state index contributed by atoms with van der Waals surface area (Å²) < 4.78 is 0. The highest BCUT2D eigenvalue weighted by molar-refractivity contribution is 5.80. The van der Waals surface area contributed by atoms with Gasteiger partial charge in [0.15, 0.2) is 0 Å². The Bertz CT molecular complexity index is 649. The number of nitrogens with zero attached hydrogens (tertiary/aromatic N) is 2. The van der Waals surface area contributed by atoms with Crippen molar-refractivity contribution in [1.29, 1.82) is 0 Å². The molecule has 1 aromatic carbocycles. The van der Waals surface area contributed by atoms with E-state index in [1.165, 1.54) is 5.39 Å². The summed E-state index contributed by atoms with van der Waals surface area (Å²) in [5.74, 6) is 0.103. The first kappa shape index (κ1) is 15.1. The standard InChI is InChI=1S/C17H24N4O/c1-20(2)15-6-8-21(11-15)12-17(22)19-10-13-3-4-14-5-7-18-16(14)9-13/h3-5,7,9,15,18H,6,8,10-12H2,1-2H3,(H,19,22)/t15-/m1/s1. The van der Waals surface area contributed by atoms with E-state index < -0.39 is 0 Å². The molecular formula is C17H24N4O. The van der Waals surface area contributed by atoms with Crippen LogP contribution in [0.25, 0.3) is 10.9 Å². The van der Waals surface area contributed by atoms with Crippen LogP contribution in [0.1, 0.15) is 12.0 Å². The van der Waals surface area contributed by atoms with Gasteiger partial charge in [-0.2, -0.15) is 0 Å². The van der Waals surface area contributed by atoms with Gasteiger partial charge in [0.05, 0.1) is 6.54 Å². The molecule has 0 aliphatic carbocycles. The monoisotopic (exact) mass is 300 g/mol. The minimum atomic E-state index is 0.103. The predicted molar refractivity (Wildman–Crippen MR) is 88.7 cm³/mol. The average Bonchev–Trinajstić information content (AvgIpc) is 3.13. The quantitative estimate of drug-likeness (QED) is 0.878. The Labute approximate surface area is 131 Å². The number of aromatic amines is 1. The van der Waals surface area contributed by atoms with Crippen LogP contribution >= 0.6 is 0 Å². The maximum Gasteiger partial charge on any atom is 0.234 e. The summed E-state index contributed by atoms with van der Waals surface area (Å²) in [4.78, 5) is 19.8. The van der Waals surface area contributed by atoms with Crippen LogP contribution in [0.2, 0.25) is 0 Å². The molecule has 2 heterocycles. The number of aromatic nitrogens is 1. The van der Waals surface area contributed by atoms with Crippen molar-refractivity contribution in [2.45, 2.75) is 19.0 Å². The number of H-pyrrole nitrogens is 1. The van der Waals surface area contributed by atoms with E-state index in [4.69, 9.17) is 0 Å². The van der Waals surface area contributed by atoms with E-state index in [1.54, 1.807) is 0 Å². The Hall–Kier alpha value is -1.85. The lowest BCUT2D eigenvalue weighted by Crippen LogP contribution is -2.38. The number of fused-ring (bicyclic) bond motifs is 1. The van der Waals surface area contributed by atoms with Crippen molar-refractivity contribution in [3.05, 3.63) is 36.0 Å². The summed E-state index contributed by atoms with van der Waals surface area (Å²) in [5.41, 5.74) is 2.23. The summed E-state index contributed by atoms with van der Waals surface area (Å²) in [6, 6.07) is 8.85. The van der Waals surface area contributed by atoms with Crippen molar-refractivity contribution in [3.63, 3.8) is 0 Å². The van der Waals surface area contributed by atoms with Crippen molar-refractivity contribution in [2.75, 3.05) is 33.7 Å². The molecule has 1 aliphatic rings. The Balaban J connectivity index is 1.48. The summed E-state index contributed by atoms with van der Waals surface area (Å²) >= 11 is 0. The van der Waals surface area contributed by atoms with Gasteiger partial charge in [-0.15, -0.1) is 0 Å². The van der Waals surface area contributed by atoms with E-state index in [-0.39, 0.29) is 5.91 Å². The molecule has 0 unspecified atom stereocenters. The SMILES string of the molecule is CN(C)[C@@H]1CCN(CC(=O)NCc2ccc3cc[nH]c3c2)C1. The molecule has 5 heteroatoms. The maximum absolute atomic E-state index is 12.1. The van der Waals surface area contributed by atoms with Crippen LogP contribution in [0.4, 0.5) is 0 Å². The largest absolute Gasteiger partial charge is 0.361 e. The third-order valence-electron chi connectivity index (χ3n) is 4.45. The van der Waals surface area contributed by atoms with Gasteiger partial charge in [0.1, 0.15) is 0 Å². The summed E-state index contributed by atoms with van der Waals surface area (Å²) in [6.45, 7) is 3.06. The van der Waals surface area contributed by atoms with Gasteiger partial charge in [-0.05, 0) is 43.6 Å². The van der Waals surface area contributed by atoms with E-state index in [2.05, 4.69) is 52.4 Å². The topological polar surface area (TPSA) is 51.4 Å². The fourth-order valence-electron chi connectivity index (χ4n) is 3.04. The van der Waals surface area contributed by atoms with Gasteiger partial charge in [-0.3, -0.25) is 9.69 Å². The van der Waals surface area contributed by atoms with E-state index in [0.29, 0.717) is 19.1 Å². The Morgan fingerprint density at radius 3 is 3.05 bits per heavy atom. The van der Waals surface area contributed by atoms with E-state index >= 15 is 0 Å². The average molecular weight is 300 g/mol. The number of carbonyl (C=O) groups excluding carboxylic acids is 1. The Morgan fingerprint density at radius 2 is 2.27 bits per heavy atom. The molecule has 1 aliphatic heterocycles. The fourth-order valence-corrected chi connectivity index (χ4v) is 3.04. The zero-order chi connectivity index (χ0) is 15.5. The lowest BCUT2D eigenvalue weighted by molar-refractivity contribution is -0.122. The summed E-state index contributed by atoms with van der Waals surface area (Å²) in [5, 5.41) is 4.21. The molecule has 0 bridgehead atoms. The van der Waals surface area contributed by atoms with Crippen LogP contribution in [0.5, 0.6) is 0 Å². The molecule has 2 aromatic rings. The van der Waals surface area contributed by atoms with Crippen LogP contribution < -0.4 is 5.32 Å². The molecule has 22 heavy (non-hydrogen) atoms. The Morgan fingerprint density at radius 1 is 1.41 bits per heavy atom. The molecule has 0 saturated carbocycles. The molecule has 2 N–H and O–H groups in total. The van der Waals surface area contributed by atoms with Gasteiger partial charge in [0, 0.05) is 37.4 Å². The second kappa shape index (κ2) is 6.50. The second-order valence-corrected chi connectivity index (χ2v) is 6.32. The van der Waals surface area contributed by atoms with E-state index in [9.17, 15) is 4.79 Å². The number of amides is 1. The molecular weight excluding hydrogens is 276 g/mol. The molecule has 3 rings (SSSR count). The Kier molecular flexibility index (Phi) is 4.45. The molecule has 0 radical (unpaired) electrons. The number of rotatable bonds is 5. The number of nitrogens with one attached hydrogen (secondary N) is 2. The van der Waals surface area contributed by atoms with Gasteiger partial charge < -0.3 is 15.2 Å². The zero-order valence-electron chi connectivity index (χ0n) is 13.3. The van der Waals surface area contributed by atoms with Crippen LogP contribution in [-0.2, 0) is 11.3 Å². The first-order chi connectivity index (χ1) is 10.6. The normalized spacial score (nSPS) is 19.1. The third kappa shape index (κ3) is 3.48. The van der Waals surface area contributed by atoms with Crippen LogP contribution in [0.3, 0.4) is 0 Å². The number of likely N-dealkylation sites (N-methyl/N-ethyl adjacent to an activating group) is 1. The molecule has 0 spiro atoms. The highest BCUT2D eigenvalue weighted by Crippen LogP contribution is 2.14. The highest BCUT2D eigenvalue weighted by Gasteiger charge is 2.24.